The monoisotopic (exact) mass is 339 g/mol. The highest BCUT2D eigenvalue weighted by molar-refractivity contribution is 5.99. The second-order valence-corrected chi connectivity index (χ2v) is 6.23. The largest absolute Gasteiger partial charge is 0.344 e. The van der Waals surface area contributed by atoms with E-state index in [-0.39, 0.29) is 0 Å². The van der Waals surface area contributed by atoms with Crippen LogP contribution in [0.5, 0.6) is 0 Å². The van der Waals surface area contributed by atoms with Gasteiger partial charge in [-0.15, -0.1) is 0 Å². The van der Waals surface area contributed by atoms with Gasteiger partial charge < -0.3 is 4.90 Å². The Morgan fingerprint density at radius 1 is 0.731 bits per heavy atom. The molecule has 0 atom stereocenters. The Hall–Kier alpha value is -3.06. The predicted octanol–water partition coefficient (Wildman–Crippen LogP) is 6.94. The van der Waals surface area contributed by atoms with Gasteiger partial charge in [0.1, 0.15) is 0 Å². The zero-order valence-electron chi connectivity index (χ0n) is 15.5. The molecule has 1 nitrogen and oxygen atoms in total. The summed E-state index contributed by atoms with van der Waals surface area (Å²) < 4.78 is 0. The normalized spacial score (nSPS) is 10.2. The van der Waals surface area contributed by atoms with Crippen LogP contribution in [-0.4, -0.2) is 7.05 Å². The third kappa shape index (κ3) is 3.62. The van der Waals surface area contributed by atoms with Crippen LogP contribution in [0.3, 0.4) is 0 Å². The van der Waals surface area contributed by atoms with Crippen LogP contribution in [0.2, 0.25) is 0 Å². The van der Waals surface area contributed by atoms with E-state index in [9.17, 15) is 0 Å². The summed E-state index contributed by atoms with van der Waals surface area (Å²) in [5.74, 6) is 0. The summed E-state index contributed by atoms with van der Waals surface area (Å²) in [6.45, 7) is 6.21. The molecule has 0 saturated carbocycles. The van der Waals surface area contributed by atoms with Crippen molar-refractivity contribution >= 4 is 28.2 Å². The highest BCUT2D eigenvalue weighted by atomic mass is 15.1. The molecule has 0 fully saturated rings. The molecule has 26 heavy (non-hydrogen) atoms. The number of nitrogens with zero attached hydrogens (tertiary/aromatic N) is 1. The van der Waals surface area contributed by atoms with Crippen LogP contribution < -0.4 is 4.90 Å². The average Bonchev–Trinajstić information content (AvgIpc) is 2.70. The fraction of sp³-hybridized carbons (Fsp3) is 0.120. The van der Waals surface area contributed by atoms with Crippen molar-refractivity contribution < 1.29 is 0 Å². The van der Waals surface area contributed by atoms with Gasteiger partial charge >= 0.3 is 0 Å². The van der Waals surface area contributed by atoms with E-state index in [1.807, 2.05) is 12.1 Å². The molecule has 0 radical (unpaired) electrons. The standard InChI is InChI=1S/C25H25N/c1-4-20-14-8-6-7-9-19-25(23-17-12-11-16-22(20)23)26(3)24-18-13-10-15-21(24)5-2/h4,6-19H,1,5H2,2-3H3. The van der Waals surface area contributed by atoms with Crippen molar-refractivity contribution in [2.24, 2.45) is 0 Å². The molecule has 130 valence electrons. The van der Waals surface area contributed by atoms with Gasteiger partial charge in [-0.25, -0.2) is 0 Å². The molecular formula is C25H25N. The smallest absolute Gasteiger partial charge is 0.0488 e. The molecule has 1 heteroatoms. The van der Waals surface area contributed by atoms with Crippen molar-refractivity contribution in [3.63, 3.8) is 0 Å². The zero-order valence-corrected chi connectivity index (χ0v) is 15.5. The third-order valence-electron chi connectivity index (χ3n) is 4.69. The van der Waals surface area contributed by atoms with Crippen molar-refractivity contribution in [3.8, 4) is 0 Å². The Morgan fingerprint density at radius 2 is 1.31 bits per heavy atom. The van der Waals surface area contributed by atoms with E-state index in [1.165, 1.54) is 27.7 Å². The molecule has 0 heterocycles. The Morgan fingerprint density at radius 3 is 2.04 bits per heavy atom. The lowest BCUT2D eigenvalue weighted by atomic mass is 10.0. The summed E-state index contributed by atoms with van der Waals surface area (Å²) >= 11 is 0. The molecule has 0 aliphatic heterocycles. The van der Waals surface area contributed by atoms with Gasteiger partial charge in [0.25, 0.3) is 0 Å². The van der Waals surface area contributed by atoms with E-state index >= 15 is 0 Å². The van der Waals surface area contributed by atoms with E-state index in [0.29, 0.717) is 0 Å². The first-order chi connectivity index (χ1) is 12.8. The molecule has 0 amide bonds. The second-order valence-electron chi connectivity index (χ2n) is 6.23. The Labute approximate surface area is 156 Å². The van der Waals surface area contributed by atoms with Gasteiger partial charge in [-0.2, -0.15) is 0 Å². The minimum atomic E-state index is 1.01. The number of anilines is 2. The number of benzene rings is 2. The summed E-state index contributed by atoms with van der Waals surface area (Å²) in [6.07, 6.45) is 2.93. The van der Waals surface area contributed by atoms with Crippen LogP contribution >= 0.6 is 0 Å². The van der Waals surface area contributed by atoms with Gasteiger partial charge in [0.15, 0.2) is 0 Å². The predicted molar refractivity (Wildman–Crippen MR) is 116 cm³/mol. The molecule has 0 aliphatic carbocycles. The highest BCUT2D eigenvalue weighted by Gasteiger charge is 2.10. The maximum absolute atomic E-state index is 4.01. The molecule has 0 spiro atoms. The lowest BCUT2D eigenvalue weighted by molar-refractivity contribution is 1.10. The molecule has 3 aromatic rings. The van der Waals surface area contributed by atoms with E-state index in [1.54, 1.807) is 0 Å². The maximum Gasteiger partial charge on any atom is 0.0488 e. The molecule has 3 aromatic carbocycles. The fourth-order valence-electron chi connectivity index (χ4n) is 3.31. The minimum Gasteiger partial charge on any atom is -0.344 e. The number of para-hydroxylation sites is 1. The zero-order chi connectivity index (χ0) is 18.4. The van der Waals surface area contributed by atoms with Crippen molar-refractivity contribution in [3.05, 3.63) is 103 Å². The van der Waals surface area contributed by atoms with Crippen LogP contribution in [0.1, 0.15) is 18.1 Å². The third-order valence-corrected chi connectivity index (χ3v) is 4.69. The summed E-state index contributed by atoms with van der Waals surface area (Å²) in [6, 6.07) is 29.7. The summed E-state index contributed by atoms with van der Waals surface area (Å²) in [5, 5.41) is 2.39. The molecule has 3 rings (SSSR count). The van der Waals surface area contributed by atoms with Crippen molar-refractivity contribution in [2.45, 2.75) is 13.3 Å². The fourth-order valence-corrected chi connectivity index (χ4v) is 3.31. The molecule has 0 unspecified atom stereocenters. The second kappa shape index (κ2) is 8.35. The van der Waals surface area contributed by atoms with Crippen LogP contribution in [-0.2, 0) is 6.42 Å². The summed E-state index contributed by atoms with van der Waals surface area (Å²) in [5.41, 5.74) is 4.87. The van der Waals surface area contributed by atoms with Crippen molar-refractivity contribution in [1.82, 2.24) is 0 Å². The Kier molecular flexibility index (Phi) is 5.70. The van der Waals surface area contributed by atoms with E-state index in [4.69, 9.17) is 0 Å². The number of aryl methyl sites for hydroxylation is 1. The maximum atomic E-state index is 4.01. The quantitative estimate of drug-likeness (QED) is 0.498. The molecular weight excluding hydrogens is 314 g/mol. The first-order valence-corrected chi connectivity index (χ1v) is 9.05. The Balaban J connectivity index is 2.36. The number of hydrogen-bond donors (Lipinski definition) is 0. The van der Waals surface area contributed by atoms with Crippen LogP contribution in [0.25, 0.3) is 16.8 Å². The molecule has 0 saturated heterocycles. The number of rotatable bonds is 4. The first-order valence-electron chi connectivity index (χ1n) is 9.05. The van der Waals surface area contributed by atoms with E-state index in [0.717, 1.165) is 12.0 Å². The minimum absolute atomic E-state index is 1.01. The topological polar surface area (TPSA) is 3.24 Å². The molecule has 0 aromatic heterocycles. The van der Waals surface area contributed by atoms with Crippen LogP contribution in [0.15, 0.2) is 91.5 Å². The highest BCUT2D eigenvalue weighted by Crippen LogP contribution is 2.32. The van der Waals surface area contributed by atoms with Crippen molar-refractivity contribution in [2.75, 3.05) is 11.9 Å². The first kappa shape index (κ1) is 17.8. The van der Waals surface area contributed by atoms with E-state index in [2.05, 4.69) is 104 Å². The lowest BCUT2D eigenvalue weighted by Crippen LogP contribution is -2.11. The summed E-state index contributed by atoms with van der Waals surface area (Å²) in [7, 11) is 2.14. The van der Waals surface area contributed by atoms with Crippen LogP contribution in [0.4, 0.5) is 11.4 Å². The van der Waals surface area contributed by atoms with Gasteiger partial charge in [0, 0.05) is 23.8 Å². The van der Waals surface area contributed by atoms with E-state index < -0.39 is 0 Å². The van der Waals surface area contributed by atoms with Gasteiger partial charge in [-0.1, -0.05) is 92.4 Å². The molecule has 0 aliphatic rings. The van der Waals surface area contributed by atoms with Gasteiger partial charge in [0.05, 0.1) is 0 Å². The number of fused-ring (bicyclic) bond motifs is 1. The van der Waals surface area contributed by atoms with Gasteiger partial charge in [-0.05, 0) is 35.1 Å². The Bertz CT molecular complexity index is 969. The molecule has 0 bridgehead atoms. The van der Waals surface area contributed by atoms with Crippen LogP contribution in [0, 0.1) is 0 Å². The van der Waals surface area contributed by atoms with Gasteiger partial charge in [0.2, 0.25) is 0 Å². The average molecular weight is 339 g/mol. The SMILES string of the molecule is C=Cc1ccccccc(N(C)c2ccccc2CC)c2ccccc12. The lowest BCUT2D eigenvalue weighted by Gasteiger charge is -2.23. The van der Waals surface area contributed by atoms with Gasteiger partial charge in [-0.3, -0.25) is 0 Å². The number of hydrogen-bond acceptors (Lipinski definition) is 1. The molecule has 0 N–H and O–H groups in total. The van der Waals surface area contributed by atoms with Crippen molar-refractivity contribution in [1.29, 1.82) is 0 Å². The summed E-state index contributed by atoms with van der Waals surface area (Å²) in [4.78, 5) is 2.29.